The second-order valence-electron chi connectivity index (χ2n) is 6.28. The van der Waals surface area contributed by atoms with Crippen molar-refractivity contribution < 1.29 is 9.53 Å². The number of anilines is 1. The molecule has 0 fully saturated rings. The number of rotatable bonds is 6. The minimum atomic E-state index is -0.261. The quantitative estimate of drug-likeness (QED) is 0.703. The average molecular weight is 385 g/mol. The van der Waals surface area contributed by atoms with Gasteiger partial charge in [0.25, 0.3) is 5.56 Å². The van der Waals surface area contributed by atoms with Crippen molar-refractivity contribution in [3.05, 3.63) is 51.6 Å². The van der Waals surface area contributed by atoms with Crippen molar-refractivity contribution >= 4 is 33.1 Å². The molecule has 0 saturated heterocycles. The molecular formula is C20H23N3O3S. The number of hydrogen-bond acceptors (Lipinski definition) is 5. The second kappa shape index (κ2) is 7.92. The zero-order valence-electron chi connectivity index (χ0n) is 16.0. The van der Waals surface area contributed by atoms with Crippen LogP contribution in [0.2, 0.25) is 0 Å². The fourth-order valence-corrected chi connectivity index (χ4v) is 4.05. The van der Waals surface area contributed by atoms with E-state index in [0.29, 0.717) is 33.4 Å². The average Bonchev–Trinajstić information content (AvgIpc) is 2.95. The molecule has 2 aromatic heterocycles. The first kappa shape index (κ1) is 19.1. The third-order valence-electron chi connectivity index (χ3n) is 4.42. The molecule has 0 atom stereocenters. The van der Waals surface area contributed by atoms with E-state index in [2.05, 4.69) is 17.2 Å². The van der Waals surface area contributed by atoms with Gasteiger partial charge in [0.2, 0.25) is 5.91 Å². The van der Waals surface area contributed by atoms with Crippen molar-refractivity contribution in [1.29, 1.82) is 0 Å². The van der Waals surface area contributed by atoms with Gasteiger partial charge in [0.15, 0.2) is 5.06 Å². The Bertz CT molecular complexity index is 1040. The Labute approximate surface area is 161 Å². The Kier molecular flexibility index (Phi) is 5.60. The zero-order chi connectivity index (χ0) is 19.6. The summed E-state index contributed by atoms with van der Waals surface area (Å²) in [5.74, 6) is 0.247. The van der Waals surface area contributed by atoms with Crippen LogP contribution in [0, 0.1) is 13.8 Å². The fourth-order valence-electron chi connectivity index (χ4n) is 2.92. The van der Waals surface area contributed by atoms with Gasteiger partial charge >= 0.3 is 0 Å². The summed E-state index contributed by atoms with van der Waals surface area (Å²) < 4.78 is 7.00. The first-order chi connectivity index (χ1) is 12.9. The van der Waals surface area contributed by atoms with Gasteiger partial charge in [-0.25, -0.2) is 4.98 Å². The Morgan fingerprint density at radius 2 is 1.93 bits per heavy atom. The molecule has 0 spiro atoms. The molecule has 0 aliphatic rings. The molecule has 2 heterocycles. The van der Waals surface area contributed by atoms with Crippen LogP contribution in [0.4, 0.5) is 5.69 Å². The first-order valence-corrected chi connectivity index (χ1v) is 9.78. The summed E-state index contributed by atoms with van der Waals surface area (Å²) in [6.07, 6.45) is 0.943. The number of nitrogens with one attached hydrogen (secondary N) is 1. The van der Waals surface area contributed by atoms with Gasteiger partial charge in [-0.3, -0.25) is 14.2 Å². The molecule has 1 aromatic carbocycles. The predicted molar refractivity (Wildman–Crippen MR) is 109 cm³/mol. The first-order valence-electron chi connectivity index (χ1n) is 8.96. The van der Waals surface area contributed by atoms with Crippen LogP contribution in [-0.2, 0) is 17.8 Å². The van der Waals surface area contributed by atoms with Crippen LogP contribution in [0.5, 0.6) is 5.06 Å². The summed E-state index contributed by atoms with van der Waals surface area (Å²) in [4.78, 5) is 30.6. The van der Waals surface area contributed by atoms with Gasteiger partial charge in [0, 0.05) is 11.3 Å². The minimum Gasteiger partial charge on any atom is -0.484 e. The number of ether oxygens (including phenoxy) is 1. The number of benzene rings is 1. The SMILES string of the molecule is CCOc1sc2nc(C)n(CC(=O)Nc3ccc(CC)cc3)c(=O)c2c1C. The van der Waals surface area contributed by atoms with Crippen LogP contribution in [0.1, 0.15) is 30.8 Å². The van der Waals surface area contributed by atoms with E-state index in [9.17, 15) is 9.59 Å². The highest BCUT2D eigenvalue weighted by Crippen LogP contribution is 2.34. The molecule has 142 valence electrons. The van der Waals surface area contributed by atoms with Crippen molar-refractivity contribution in [3.8, 4) is 5.06 Å². The lowest BCUT2D eigenvalue weighted by atomic mass is 10.1. The van der Waals surface area contributed by atoms with Crippen LogP contribution in [0.25, 0.3) is 10.2 Å². The number of aromatic nitrogens is 2. The van der Waals surface area contributed by atoms with Gasteiger partial charge in [0.05, 0.1) is 12.0 Å². The highest BCUT2D eigenvalue weighted by molar-refractivity contribution is 7.20. The number of carbonyl (C=O) groups excluding carboxylic acids is 1. The number of carbonyl (C=O) groups is 1. The summed E-state index contributed by atoms with van der Waals surface area (Å²) in [5.41, 5.74) is 2.47. The number of aryl methyl sites for hydroxylation is 3. The number of thiophene rings is 1. The Morgan fingerprint density at radius 1 is 1.22 bits per heavy atom. The molecule has 1 N–H and O–H groups in total. The van der Waals surface area contributed by atoms with Gasteiger partial charge in [-0.05, 0) is 44.9 Å². The van der Waals surface area contributed by atoms with Crippen LogP contribution in [0.3, 0.4) is 0 Å². The maximum Gasteiger partial charge on any atom is 0.263 e. The topological polar surface area (TPSA) is 73.2 Å². The van der Waals surface area contributed by atoms with E-state index < -0.39 is 0 Å². The molecule has 6 nitrogen and oxygen atoms in total. The summed E-state index contributed by atoms with van der Waals surface area (Å²) in [5, 5.41) is 4.06. The highest BCUT2D eigenvalue weighted by Gasteiger charge is 2.18. The molecular weight excluding hydrogens is 362 g/mol. The van der Waals surface area contributed by atoms with E-state index in [1.165, 1.54) is 21.5 Å². The minimum absolute atomic E-state index is 0.0810. The van der Waals surface area contributed by atoms with Gasteiger partial charge < -0.3 is 10.1 Å². The van der Waals surface area contributed by atoms with E-state index in [4.69, 9.17) is 4.74 Å². The van der Waals surface area contributed by atoms with Crippen molar-refractivity contribution in [2.75, 3.05) is 11.9 Å². The molecule has 27 heavy (non-hydrogen) atoms. The fraction of sp³-hybridized carbons (Fsp3) is 0.350. The Hall–Kier alpha value is -2.67. The molecule has 0 radical (unpaired) electrons. The van der Waals surface area contributed by atoms with Gasteiger partial charge in [-0.15, -0.1) is 0 Å². The van der Waals surface area contributed by atoms with Crippen LogP contribution < -0.4 is 15.6 Å². The van der Waals surface area contributed by atoms with Crippen molar-refractivity contribution in [1.82, 2.24) is 9.55 Å². The van der Waals surface area contributed by atoms with E-state index >= 15 is 0 Å². The summed E-state index contributed by atoms with van der Waals surface area (Å²) in [6, 6.07) is 7.69. The number of hydrogen-bond donors (Lipinski definition) is 1. The smallest absolute Gasteiger partial charge is 0.263 e. The van der Waals surface area contributed by atoms with Gasteiger partial charge in [-0.2, -0.15) is 0 Å². The maximum atomic E-state index is 13.0. The summed E-state index contributed by atoms with van der Waals surface area (Å²) in [6.45, 7) is 8.01. The highest BCUT2D eigenvalue weighted by atomic mass is 32.1. The summed E-state index contributed by atoms with van der Waals surface area (Å²) in [7, 11) is 0. The lowest BCUT2D eigenvalue weighted by molar-refractivity contribution is -0.116. The van der Waals surface area contributed by atoms with E-state index in [1.807, 2.05) is 38.1 Å². The Morgan fingerprint density at radius 3 is 2.56 bits per heavy atom. The monoisotopic (exact) mass is 385 g/mol. The molecule has 0 aliphatic carbocycles. The normalized spacial score (nSPS) is 11.0. The predicted octanol–water partition coefficient (Wildman–Crippen LogP) is 3.67. The molecule has 0 bridgehead atoms. The zero-order valence-corrected chi connectivity index (χ0v) is 16.8. The number of amides is 1. The maximum absolute atomic E-state index is 13.0. The lowest BCUT2D eigenvalue weighted by Gasteiger charge is -2.10. The number of fused-ring (bicyclic) bond motifs is 1. The second-order valence-corrected chi connectivity index (χ2v) is 7.24. The molecule has 0 saturated carbocycles. The van der Waals surface area contributed by atoms with Crippen molar-refractivity contribution in [2.45, 2.75) is 40.7 Å². The van der Waals surface area contributed by atoms with Crippen molar-refractivity contribution in [2.24, 2.45) is 0 Å². The van der Waals surface area contributed by atoms with Crippen molar-refractivity contribution in [3.63, 3.8) is 0 Å². The van der Waals surface area contributed by atoms with E-state index in [-0.39, 0.29) is 18.0 Å². The Balaban J connectivity index is 1.88. The molecule has 1 amide bonds. The lowest BCUT2D eigenvalue weighted by Crippen LogP contribution is -2.30. The van der Waals surface area contributed by atoms with Gasteiger partial charge in [-0.1, -0.05) is 30.4 Å². The standard InChI is InChI=1S/C20H23N3O3S/c1-5-14-7-9-15(10-8-14)22-16(24)11-23-13(4)21-18-17(19(23)25)12(3)20(27-18)26-6-2/h7-10H,5-6,11H2,1-4H3,(H,22,24). The molecule has 0 unspecified atom stereocenters. The van der Waals surface area contributed by atoms with Gasteiger partial charge in [0.1, 0.15) is 17.2 Å². The molecule has 7 heteroatoms. The molecule has 3 rings (SSSR count). The number of nitrogens with zero attached hydrogens (tertiary/aromatic N) is 2. The summed E-state index contributed by atoms with van der Waals surface area (Å²) >= 11 is 1.36. The van der Waals surface area contributed by atoms with Crippen LogP contribution in [0.15, 0.2) is 29.1 Å². The molecule has 0 aliphatic heterocycles. The van der Waals surface area contributed by atoms with Crippen LogP contribution >= 0.6 is 11.3 Å². The molecule has 3 aromatic rings. The van der Waals surface area contributed by atoms with Crippen LogP contribution in [-0.4, -0.2) is 22.1 Å². The van der Waals surface area contributed by atoms with E-state index in [1.54, 1.807) is 6.92 Å². The van der Waals surface area contributed by atoms with E-state index in [0.717, 1.165) is 12.0 Å². The third-order valence-corrected chi connectivity index (χ3v) is 5.52. The third kappa shape index (κ3) is 3.88. The largest absolute Gasteiger partial charge is 0.484 e.